The Morgan fingerprint density at radius 1 is 0.576 bits per heavy atom. The molecule has 0 aliphatic rings. The Bertz CT molecular complexity index is 2100. The predicted octanol–water partition coefficient (Wildman–Crippen LogP) is 8.54. The van der Waals surface area contributed by atoms with E-state index in [1.165, 1.54) is 28.0 Å². The molecule has 0 amide bonds. The van der Waals surface area contributed by atoms with E-state index in [9.17, 15) is 39.6 Å². The van der Waals surface area contributed by atoms with E-state index in [0.29, 0.717) is 24.0 Å². The van der Waals surface area contributed by atoms with Crippen LogP contribution in [0.1, 0.15) is 127 Å². The average Bonchev–Trinajstić information content (AvgIpc) is 3.80. The van der Waals surface area contributed by atoms with Crippen LogP contribution in [0.15, 0.2) is 41.1 Å². The molecule has 2 atom stereocenters. The molecular weight excluding hydrogens is 951 g/mol. The van der Waals surface area contributed by atoms with Gasteiger partial charge in [0.15, 0.2) is 29.6 Å². The van der Waals surface area contributed by atoms with Crippen LogP contribution < -0.4 is 5.14 Å². The molecule has 2 aromatic carbocycles. The molecule has 0 spiro atoms. The van der Waals surface area contributed by atoms with Crippen LogP contribution in [0.3, 0.4) is 0 Å². The van der Waals surface area contributed by atoms with Gasteiger partial charge in [-0.2, -0.15) is 14.6 Å². The van der Waals surface area contributed by atoms with Crippen molar-refractivity contribution in [3.63, 3.8) is 0 Å². The quantitative estimate of drug-likeness (QED) is 0.0426. The first kappa shape index (κ1) is 69.2. The van der Waals surface area contributed by atoms with Gasteiger partial charge in [-0.3, -0.25) is 19.3 Å². The molecule has 0 aliphatic heterocycles. The Morgan fingerprint density at radius 2 is 0.848 bits per heavy atom. The molecule has 2 unspecified atom stereocenters. The number of carbonyl (C=O) groups is 1. The number of rotatable bonds is 5. The van der Waals surface area contributed by atoms with Crippen molar-refractivity contribution in [3.05, 3.63) is 82.7 Å². The van der Waals surface area contributed by atoms with E-state index in [1.54, 1.807) is 69.2 Å². The summed E-state index contributed by atoms with van der Waals surface area (Å²) in [5.74, 6) is -6.75. The number of aldehydes is 1. The first-order valence-electron chi connectivity index (χ1n) is 20.2. The summed E-state index contributed by atoms with van der Waals surface area (Å²) in [6.07, 6.45) is 4.54. The van der Waals surface area contributed by atoms with Crippen LogP contribution in [-0.2, 0) is 54.8 Å². The fraction of sp³-hybridized carbons (Fsp3) is 0.545. The first-order chi connectivity index (χ1) is 29.7. The van der Waals surface area contributed by atoms with Crippen molar-refractivity contribution in [2.24, 2.45) is 9.54 Å². The molecule has 2 aromatic heterocycles. The minimum Gasteiger partial charge on any atom is -0.397 e. The Balaban J connectivity index is -0.000000422. The average molecular weight is 1020 g/mol. The number of hydrogen-bond donors (Lipinski definition) is 5. The van der Waals surface area contributed by atoms with E-state index in [4.69, 9.17) is 25.6 Å². The van der Waals surface area contributed by atoms with Crippen molar-refractivity contribution in [3.8, 4) is 22.5 Å². The molecule has 6 N–H and O–H groups in total. The normalized spacial score (nSPS) is 12.0. The Hall–Kier alpha value is -3.41. The number of nitrogens with two attached hydrogens (primary N) is 1. The van der Waals surface area contributed by atoms with Gasteiger partial charge in [0.1, 0.15) is 22.6 Å². The maximum absolute atomic E-state index is 14.4. The van der Waals surface area contributed by atoms with E-state index in [2.05, 4.69) is 14.6 Å². The Kier molecular flexibility index (Phi) is 33.9. The zero-order valence-electron chi connectivity index (χ0n) is 40.9. The molecule has 0 saturated heterocycles. The van der Waals surface area contributed by atoms with Crippen LogP contribution >= 0.6 is 0 Å². The second kappa shape index (κ2) is 32.4. The van der Waals surface area contributed by atoms with E-state index in [1.807, 2.05) is 41.5 Å². The second-order valence-corrected chi connectivity index (χ2v) is 20.7. The molecule has 376 valence electrons. The minimum atomic E-state index is -1.52. The third-order valence-corrected chi connectivity index (χ3v) is 9.49. The van der Waals surface area contributed by atoms with E-state index in [-0.39, 0.29) is 81.0 Å². The van der Waals surface area contributed by atoms with E-state index >= 15 is 0 Å². The first-order valence-corrected chi connectivity index (χ1v) is 22.5. The number of halogens is 6. The molecule has 0 fully saturated rings. The van der Waals surface area contributed by atoms with Gasteiger partial charge in [-0.15, -0.1) is 0 Å². The minimum absolute atomic E-state index is 0. The summed E-state index contributed by atoms with van der Waals surface area (Å²) in [5.41, 5.74) is -0.590. The molecule has 0 saturated carbocycles. The maximum Gasteiger partial charge on any atom is 0.161 e. The van der Waals surface area contributed by atoms with Crippen LogP contribution in [0.4, 0.5) is 26.3 Å². The summed E-state index contributed by atoms with van der Waals surface area (Å²) in [7, 11) is -2.71. The maximum atomic E-state index is 14.4. The molecule has 0 aliphatic carbocycles. The summed E-state index contributed by atoms with van der Waals surface area (Å²) < 4.78 is 110. The second-order valence-electron chi connectivity index (χ2n) is 16.9. The zero-order chi connectivity index (χ0) is 51.8. The van der Waals surface area contributed by atoms with E-state index < -0.39 is 72.7 Å². The molecule has 66 heavy (non-hydrogen) atoms. The van der Waals surface area contributed by atoms with Crippen LogP contribution in [-0.4, -0.2) is 96.8 Å². The number of carbonyl (C=O) groups excluding carboxylic acids is 1. The number of hydrogen-bond acceptors (Lipinski definition) is 9. The zero-order valence-corrected chi connectivity index (χ0v) is 44.1. The SMILES string of the molecule is CC(C)(C)S(N)=O.CC(C)(C)n1ncc(C=NS(=O)C(C)(C)C)c1-c1cc(F)c(F)cc1F.CC(C)(C)n1ncc(C=O)c1-c1cc(F)c(F)cc1F.CCO.CCO.CCO.CCO.[Ti]. The summed E-state index contributed by atoms with van der Waals surface area (Å²) in [4.78, 5) is 11.1. The number of aliphatic hydroxyl groups excluding tert-OH is 4. The van der Waals surface area contributed by atoms with Gasteiger partial charge in [-0.25, -0.2) is 34.8 Å². The standard InChI is InChI=1S/C18H22F3N3OS.C14H13F3N2O.C4H11NOS.4C2H6O.Ti/c1-17(2,3)24-16(12-7-14(20)15(21)8-13(12)19)11(9-22-24)10-23-26(25)18(4,5)6;1-14(2,3)19-13(8(7-20)6-18-19)9-4-11(16)12(17)5-10(9)15;1-4(2,3)7(5)6;4*1-2-3;/h7-10H,1-6H3;4-7H,1-3H3;5H2,1-3H3;4*3H,2H2,1H3;. The smallest absolute Gasteiger partial charge is 0.161 e. The Labute approximate surface area is 406 Å². The summed E-state index contributed by atoms with van der Waals surface area (Å²) >= 11 is 0. The molecule has 13 nitrogen and oxygen atoms in total. The third kappa shape index (κ3) is 24.6. The summed E-state index contributed by atoms with van der Waals surface area (Å²) in [6.45, 7) is 29.5. The molecule has 0 bridgehead atoms. The van der Waals surface area contributed by atoms with Crippen molar-refractivity contribution in [1.82, 2.24) is 19.6 Å². The van der Waals surface area contributed by atoms with Gasteiger partial charge in [0.25, 0.3) is 0 Å². The topological polar surface area (TPSA) is 206 Å². The monoisotopic (exact) mass is 1020 g/mol. The van der Waals surface area contributed by atoms with Crippen LogP contribution in [0, 0.1) is 34.9 Å². The van der Waals surface area contributed by atoms with Crippen molar-refractivity contribution >= 4 is 34.5 Å². The van der Waals surface area contributed by atoms with Crippen LogP contribution in [0.2, 0.25) is 0 Å². The van der Waals surface area contributed by atoms with Crippen LogP contribution in [0.25, 0.3) is 22.5 Å². The van der Waals surface area contributed by atoms with Crippen LogP contribution in [0.5, 0.6) is 0 Å². The van der Waals surface area contributed by atoms with Gasteiger partial charge in [-0.1, -0.05) is 0 Å². The largest absolute Gasteiger partial charge is 0.397 e. The molecule has 22 heteroatoms. The van der Waals surface area contributed by atoms with E-state index in [0.717, 1.165) is 12.1 Å². The summed E-state index contributed by atoms with van der Waals surface area (Å²) in [5, 5.41) is 43.6. The van der Waals surface area contributed by atoms with Gasteiger partial charge < -0.3 is 20.4 Å². The Morgan fingerprint density at radius 3 is 1.11 bits per heavy atom. The predicted molar refractivity (Wildman–Crippen MR) is 249 cm³/mol. The van der Waals surface area contributed by atoms with Gasteiger partial charge in [-0.05, 0) is 123 Å². The van der Waals surface area contributed by atoms with Gasteiger partial charge in [0.2, 0.25) is 0 Å². The molecule has 4 rings (SSSR count). The number of aromatic nitrogens is 4. The fourth-order valence-corrected chi connectivity index (χ4v) is 4.66. The fourth-order valence-electron chi connectivity index (χ4n) is 4.13. The number of aliphatic hydroxyl groups is 4. The van der Waals surface area contributed by atoms with Gasteiger partial charge in [0.05, 0.1) is 60.9 Å². The van der Waals surface area contributed by atoms with Crippen molar-refractivity contribution in [2.75, 3.05) is 26.4 Å². The van der Waals surface area contributed by atoms with Crippen molar-refractivity contribution in [2.45, 2.75) is 131 Å². The van der Waals surface area contributed by atoms with Crippen molar-refractivity contribution < 1.29 is 81.7 Å². The third-order valence-electron chi connectivity index (χ3n) is 6.94. The summed E-state index contributed by atoms with van der Waals surface area (Å²) in [6, 6.07) is 2.48. The molecule has 0 radical (unpaired) electrons. The van der Waals surface area contributed by atoms with Gasteiger partial charge in [0, 0.05) is 83.2 Å². The molecule has 2 heterocycles. The number of nitrogens with zero attached hydrogens (tertiary/aromatic N) is 5. The molecule has 4 aromatic rings. The molecular formula is C44H70F6N6O7S2Ti. The number of benzene rings is 2. The van der Waals surface area contributed by atoms with Crippen molar-refractivity contribution in [1.29, 1.82) is 0 Å². The van der Waals surface area contributed by atoms with Gasteiger partial charge >= 0.3 is 0 Å².